The molecule has 1 heterocycles. The van der Waals surface area contributed by atoms with Crippen LogP contribution in [0, 0.1) is 13.8 Å². The van der Waals surface area contributed by atoms with E-state index in [1.54, 1.807) is 6.20 Å². The number of aliphatic hydroxyl groups excluding tert-OH is 1. The van der Waals surface area contributed by atoms with Crippen molar-refractivity contribution in [1.29, 1.82) is 0 Å². The molecule has 1 aromatic heterocycles. The first kappa shape index (κ1) is 9.93. The lowest BCUT2D eigenvalue weighted by molar-refractivity contribution is 0.281. The number of aryl methyl sites for hydroxylation is 1. The summed E-state index contributed by atoms with van der Waals surface area (Å²) in [5.41, 5.74) is 4.10. The number of benzene rings is 1. The second-order valence-corrected chi connectivity index (χ2v) is 3.66. The Morgan fingerprint density at radius 1 is 1.33 bits per heavy atom. The van der Waals surface area contributed by atoms with E-state index in [0.717, 1.165) is 16.9 Å². The van der Waals surface area contributed by atoms with Gasteiger partial charge in [-0.15, -0.1) is 0 Å². The van der Waals surface area contributed by atoms with Crippen LogP contribution in [0.1, 0.15) is 16.8 Å². The molecule has 15 heavy (non-hydrogen) atoms. The van der Waals surface area contributed by atoms with Gasteiger partial charge in [0.15, 0.2) is 0 Å². The number of aromatic nitrogens is 2. The molecule has 3 nitrogen and oxygen atoms in total. The van der Waals surface area contributed by atoms with Gasteiger partial charge in [0.1, 0.15) is 0 Å². The van der Waals surface area contributed by atoms with Crippen LogP contribution in [0.5, 0.6) is 0 Å². The van der Waals surface area contributed by atoms with Crippen molar-refractivity contribution in [3.05, 3.63) is 47.3 Å². The van der Waals surface area contributed by atoms with Gasteiger partial charge in [-0.1, -0.05) is 12.1 Å². The van der Waals surface area contributed by atoms with Crippen LogP contribution < -0.4 is 0 Å². The smallest absolute Gasteiger partial charge is 0.0715 e. The van der Waals surface area contributed by atoms with E-state index in [0.29, 0.717) is 0 Å². The Bertz CT molecular complexity index is 474. The van der Waals surface area contributed by atoms with Crippen molar-refractivity contribution in [1.82, 2.24) is 9.78 Å². The fourth-order valence-corrected chi connectivity index (χ4v) is 1.62. The molecule has 0 atom stereocenters. The zero-order chi connectivity index (χ0) is 10.8. The van der Waals surface area contributed by atoms with Crippen LogP contribution in [0.15, 0.2) is 30.5 Å². The van der Waals surface area contributed by atoms with E-state index >= 15 is 0 Å². The maximum absolute atomic E-state index is 9.08. The van der Waals surface area contributed by atoms with Gasteiger partial charge in [-0.3, -0.25) is 0 Å². The molecular weight excluding hydrogens is 188 g/mol. The average Bonchev–Trinajstić information content (AvgIpc) is 2.59. The monoisotopic (exact) mass is 202 g/mol. The normalized spacial score (nSPS) is 10.6. The summed E-state index contributed by atoms with van der Waals surface area (Å²) < 4.78 is 1.85. The van der Waals surface area contributed by atoms with E-state index in [4.69, 9.17) is 5.11 Å². The molecule has 78 valence electrons. The highest BCUT2D eigenvalue weighted by Crippen LogP contribution is 2.14. The minimum atomic E-state index is 0.0393. The van der Waals surface area contributed by atoms with E-state index in [2.05, 4.69) is 24.2 Å². The Morgan fingerprint density at radius 2 is 2.13 bits per heavy atom. The quantitative estimate of drug-likeness (QED) is 0.808. The van der Waals surface area contributed by atoms with Crippen molar-refractivity contribution in [2.24, 2.45) is 0 Å². The maximum atomic E-state index is 9.08. The highest BCUT2D eigenvalue weighted by atomic mass is 16.3. The van der Waals surface area contributed by atoms with Crippen LogP contribution in [-0.2, 0) is 6.61 Å². The molecule has 0 unspecified atom stereocenters. The van der Waals surface area contributed by atoms with Gasteiger partial charge in [-0.25, -0.2) is 4.68 Å². The minimum absolute atomic E-state index is 0.0393. The summed E-state index contributed by atoms with van der Waals surface area (Å²) in [7, 11) is 0. The first-order valence-electron chi connectivity index (χ1n) is 4.94. The molecule has 0 bridgehead atoms. The van der Waals surface area contributed by atoms with Crippen LogP contribution in [0.4, 0.5) is 0 Å². The average molecular weight is 202 g/mol. The molecule has 0 saturated heterocycles. The van der Waals surface area contributed by atoms with Crippen molar-refractivity contribution in [3.8, 4) is 5.69 Å². The zero-order valence-corrected chi connectivity index (χ0v) is 8.94. The third-order valence-electron chi connectivity index (χ3n) is 2.53. The largest absolute Gasteiger partial charge is 0.392 e. The molecule has 0 aliphatic heterocycles. The number of hydrogen-bond acceptors (Lipinski definition) is 2. The van der Waals surface area contributed by atoms with Gasteiger partial charge in [0.2, 0.25) is 0 Å². The molecule has 0 radical (unpaired) electrons. The van der Waals surface area contributed by atoms with Crippen molar-refractivity contribution < 1.29 is 5.11 Å². The van der Waals surface area contributed by atoms with Gasteiger partial charge in [-0.05, 0) is 31.5 Å². The summed E-state index contributed by atoms with van der Waals surface area (Å²) in [6, 6.07) is 8.13. The summed E-state index contributed by atoms with van der Waals surface area (Å²) in [5, 5.41) is 13.3. The lowest BCUT2D eigenvalue weighted by Gasteiger charge is -2.05. The zero-order valence-electron chi connectivity index (χ0n) is 8.94. The first-order chi connectivity index (χ1) is 7.22. The fourth-order valence-electron chi connectivity index (χ4n) is 1.62. The Balaban J connectivity index is 2.49. The van der Waals surface area contributed by atoms with Crippen LogP contribution in [0.3, 0.4) is 0 Å². The predicted molar refractivity (Wildman–Crippen MR) is 59.0 cm³/mol. The molecule has 0 aliphatic rings. The summed E-state index contributed by atoms with van der Waals surface area (Å²) >= 11 is 0. The van der Waals surface area contributed by atoms with E-state index in [9.17, 15) is 0 Å². The van der Waals surface area contributed by atoms with Gasteiger partial charge in [0.25, 0.3) is 0 Å². The molecule has 0 spiro atoms. The molecule has 2 aromatic rings. The van der Waals surface area contributed by atoms with Crippen molar-refractivity contribution in [3.63, 3.8) is 0 Å². The van der Waals surface area contributed by atoms with Crippen molar-refractivity contribution >= 4 is 0 Å². The second kappa shape index (κ2) is 3.87. The number of nitrogens with zero attached hydrogens (tertiary/aromatic N) is 2. The van der Waals surface area contributed by atoms with E-state index in [1.807, 2.05) is 23.7 Å². The summed E-state index contributed by atoms with van der Waals surface area (Å²) in [6.45, 7) is 4.05. The van der Waals surface area contributed by atoms with Crippen LogP contribution in [0.2, 0.25) is 0 Å². The predicted octanol–water partition coefficient (Wildman–Crippen LogP) is 1.98. The van der Waals surface area contributed by atoms with Gasteiger partial charge >= 0.3 is 0 Å². The first-order valence-corrected chi connectivity index (χ1v) is 4.94. The third-order valence-corrected chi connectivity index (χ3v) is 2.53. The molecule has 0 amide bonds. The molecule has 1 aromatic carbocycles. The lowest BCUT2D eigenvalue weighted by atomic mass is 10.2. The van der Waals surface area contributed by atoms with E-state index < -0.39 is 0 Å². The topological polar surface area (TPSA) is 38.0 Å². The Labute approximate surface area is 89.0 Å². The third kappa shape index (κ3) is 1.78. The van der Waals surface area contributed by atoms with Crippen LogP contribution >= 0.6 is 0 Å². The second-order valence-electron chi connectivity index (χ2n) is 3.66. The number of rotatable bonds is 2. The standard InChI is InChI=1S/C12H14N2O/c1-9-4-3-5-12(6-9)14-10(2)11(8-15)7-13-14/h3-7,15H,8H2,1-2H3. The SMILES string of the molecule is Cc1cccc(-n2ncc(CO)c2C)c1. The van der Waals surface area contributed by atoms with Crippen LogP contribution in [0.25, 0.3) is 5.69 Å². The Morgan fingerprint density at radius 3 is 2.73 bits per heavy atom. The van der Waals surface area contributed by atoms with E-state index in [1.165, 1.54) is 5.56 Å². The maximum Gasteiger partial charge on any atom is 0.0715 e. The van der Waals surface area contributed by atoms with Crippen molar-refractivity contribution in [2.45, 2.75) is 20.5 Å². The summed E-state index contributed by atoms with van der Waals surface area (Å²) in [4.78, 5) is 0. The summed E-state index contributed by atoms with van der Waals surface area (Å²) in [6.07, 6.45) is 1.71. The van der Waals surface area contributed by atoms with Gasteiger partial charge in [0.05, 0.1) is 18.5 Å². The molecule has 0 fully saturated rings. The molecule has 2 rings (SSSR count). The number of hydrogen-bond donors (Lipinski definition) is 1. The summed E-state index contributed by atoms with van der Waals surface area (Å²) in [5.74, 6) is 0. The fraction of sp³-hybridized carbons (Fsp3) is 0.250. The molecule has 3 heteroatoms. The van der Waals surface area contributed by atoms with Crippen LogP contribution in [-0.4, -0.2) is 14.9 Å². The molecule has 1 N–H and O–H groups in total. The van der Waals surface area contributed by atoms with Crippen molar-refractivity contribution in [2.75, 3.05) is 0 Å². The lowest BCUT2D eigenvalue weighted by Crippen LogP contribution is -1.99. The highest BCUT2D eigenvalue weighted by Gasteiger charge is 2.06. The minimum Gasteiger partial charge on any atom is -0.392 e. The van der Waals surface area contributed by atoms with Gasteiger partial charge in [-0.2, -0.15) is 5.10 Å². The molecular formula is C12H14N2O. The van der Waals surface area contributed by atoms with Gasteiger partial charge in [0, 0.05) is 11.3 Å². The highest BCUT2D eigenvalue weighted by molar-refractivity contribution is 5.37. The number of aliphatic hydroxyl groups is 1. The molecule has 0 aliphatic carbocycles. The molecule has 0 saturated carbocycles. The van der Waals surface area contributed by atoms with Gasteiger partial charge < -0.3 is 5.11 Å². The van der Waals surface area contributed by atoms with E-state index in [-0.39, 0.29) is 6.61 Å². The Hall–Kier alpha value is -1.61. The Kier molecular flexibility index (Phi) is 2.56.